The number of pyridine rings is 1. The van der Waals surface area contributed by atoms with Crippen LogP contribution in [0.5, 0.6) is 0 Å². The molecule has 4 heteroatoms. The first-order chi connectivity index (χ1) is 9.15. The number of hydrogen-bond donors (Lipinski definition) is 1. The van der Waals surface area contributed by atoms with Gasteiger partial charge in [-0.05, 0) is 56.1 Å². The average molecular weight is 260 g/mol. The van der Waals surface area contributed by atoms with E-state index >= 15 is 0 Å². The van der Waals surface area contributed by atoms with E-state index in [9.17, 15) is 9.90 Å². The van der Waals surface area contributed by atoms with E-state index in [0.29, 0.717) is 11.4 Å². The van der Waals surface area contributed by atoms with Gasteiger partial charge in [-0.25, -0.2) is 9.78 Å². The van der Waals surface area contributed by atoms with Crippen molar-refractivity contribution in [3.05, 3.63) is 23.4 Å². The van der Waals surface area contributed by atoms with Gasteiger partial charge < -0.3 is 10.0 Å². The molecule has 0 bridgehead atoms. The third kappa shape index (κ3) is 2.88. The van der Waals surface area contributed by atoms with E-state index in [4.69, 9.17) is 0 Å². The molecule has 0 radical (unpaired) electrons. The van der Waals surface area contributed by atoms with Crippen molar-refractivity contribution in [1.29, 1.82) is 0 Å². The number of aromatic nitrogens is 1. The Bertz CT molecular complexity index is 479. The topological polar surface area (TPSA) is 53.4 Å². The lowest BCUT2D eigenvalue weighted by molar-refractivity contribution is 0.0696. The van der Waals surface area contributed by atoms with Gasteiger partial charge in [-0.15, -0.1) is 0 Å². The Kier molecular flexibility index (Phi) is 3.17. The molecule has 0 atom stereocenters. The van der Waals surface area contributed by atoms with E-state index in [1.165, 1.54) is 25.7 Å². The van der Waals surface area contributed by atoms with Gasteiger partial charge in [0.05, 0.1) is 0 Å². The van der Waals surface area contributed by atoms with Crippen LogP contribution in [-0.2, 0) is 0 Å². The molecule has 1 N–H and O–H groups in total. The number of carboxylic acids is 1. The Hall–Kier alpha value is -1.58. The zero-order valence-corrected chi connectivity index (χ0v) is 11.3. The molecule has 0 unspecified atom stereocenters. The Labute approximate surface area is 113 Å². The Morgan fingerprint density at radius 1 is 1.32 bits per heavy atom. The molecule has 0 amide bonds. The fraction of sp³-hybridized carbons (Fsp3) is 0.600. The van der Waals surface area contributed by atoms with Crippen LogP contribution in [0.2, 0.25) is 0 Å². The van der Waals surface area contributed by atoms with Crippen LogP contribution in [0.25, 0.3) is 0 Å². The van der Waals surface area contributed by atoms with E-state index in [1.54, 1.807) is 12.3 Å². The van der Waals surface area contributed by atoms with E-state index in [1.807, 2.05) is 6.92 Å². The van der Waals surface area contributed by atoms with Gasteiger partial charge in [0, 0.05) is 19.3 Å². The maximum atomic E-state index is 11.5. The van der Waals surface area contributed by atoms with Crippen LogP contribution >= 0.6 is 0 Å². The third-order valence-electron chi connectivity index (χ3n) is 4.00. The Morgan fingerprint density at radius 3 is 2.37 bits per heavy atom. The zero-order valence-electron chi connectivity index (χ0n) is 11.3. The van der Waals surface area contributed by atoms with Gasteiger partial charge in [0.2, 0.25) is 0 Å². The molecule has 2 aliphatic rings. The zero-order chi connectivity index (χ0) is 13.4. The second kappa shape index (κ2) is 4.83. The summed E-state index contributed by atoms with van der Waals surface area (Å²) in [5, 5.41) is 9.43. The molecule has 19 heavy (non-hydrogen) atoms. The number of rotatable bonds is 6. The molecule has 4 nitrogen and oxygen atoms in total. The van der Waals surface area contributed by atoms with Gasteiger partial charge in [0.15, 0.2) is 0 Å². The summed E-state index contributed by atoms with van der Waals surface area (Å²) < 4.78 is 0. The molecule has 0 spiro atoms. The van der Waals surface area contributed by atoms with Crippen molar-refractivity contribution < 1.29 is 9.90 Å². The van der Waals surface area contributed by atoms with Crippen LogP contribution in [0.15, 0.2) is 12.3 Å². The Balaban J connectivity index is 1.90. The molecule has 0 saturated heterocycles. The van der Waals surface area contributed by atoms with Gasteiger partial charge >= 0.3 is 5.97 Å². The molecule has 1 aromatic heterocycles. The van der Waals surface area contributed by atoms with Gasteiger partial charge in [-0.1, -0.05) is 0 Å². The number of carbonyl (C=O) groups is 1. The van der Waals surface area contributed by atoms with Crippen molar-refractivity contribution in [3.8, 4) is 0 Å². The van der Waals surface area contributed by atoms with Crippen molar-refractivity contribution in [2.75, 3.05) is 18.0 Å². The molecule has 0 aliphatic heterocycles. The highest BCUT2D eigenvalue weighted by Crippen LogP contribution is 2.36. The first kappa shape index (κ1) is 12.5. The summed E-state index contributed by atoms with van der Waals surface area (Å²) in [4.78, 5) is 18.1. The molecule has 2 fully saturated rings. The quantitative estimate of drug-likeness (QED) is 0.854. The van der Waals surface area contributed by atoms with Crippen molar-refractivity contribution in [3.63, 3.8) is 0 Å². The number of carboxylic acid groups (broad SMARTS) is 1. The summed E-state index contributed by atoms with van der Waals surface area (Å²) in [5.74, 6) is 1.29. The standard InChI is InChI=1S/C15H20N2O2/c1-10-6-7-16-14(13(10)15(18)19)17(8-11-2-3-11)9-12-4-5-12/h6-7,11-12H,2-5,8-9H2,1H3,(H,18,19). The third-order valence-corrected chi connectivity index (χ3v) is 4.00. The van der Waals surface area contributed by atoms with Gasteiger partial charge in [-0.2, -0.15) is 0 Å². The second-order valence-electron chi connectivity index (χ2n) is 5.92. The van der Waals surface area contributed by atoms with Crippen molar-refractivity contribution >= 4 is 11.8 Å². The molecule has 102 valence electrons. The highest BCUT2D eigenvalue weighted by Gasteiger charge is 2.31. The first-order valence-electron chi connectivity index (χ1n) is 7.09. The fourth-order valence-electron chi connectivity index (χ4n) is 2.52. The van der Waals surface area contributed by atoms with Crippen LogP contribution in [0.3, 0.4) is 0 Å². The lowest BCUT2D eigenvalue weighted by Gasteiger charge is -2.25. The largest absolute Gasteiger partial charge is 0.478 e. The smallest absolute Gasteiger partial charge is 0.339 e. The van der Waals surface area contributed by atoms with Crippen LogP contribution in [0.4, 0.5) is 5.82 Å². The summed E-state index contributed by atoms with van der Waals surface area (Å²) in [6.07, 6.45) is 6.82. The molecule has 1 aromatic rings. The van der Waals surface area contributed by atoms with Gasteiger partial charge in [0.25, 0.3) is 0 Å². The van der Waals surface area contributed by atoms with E-state index in [2.05, 4.69) is 9.88 Å². The highest BCUT2D eigenvalue weighted by atomic mass is 16.4. The van der Waals surface area contributed by atoms with Crippen molar-refractivity contribution in [2.45, 2.75) is 32.6 Å². The van der Waals surface area contributed by atoms with Crippen LogP contribution in [-0.4, -0.2) is 29.1 Å². The molecule has 1 heterocycles. The normalized spacial score (nSPS) is 18.4. The van der Waals surface area contributed by atoms with Crippen LogP contribution in [0, 0.1) is 18.8 Å². The predicted molar refractivity (Wildman–Crippen MR) is 73.6 cm³/mol. The molecule has 3 rings (SSSR count). The average Bonchev–Trinajstić information content (AvgIpc) is 3.22. The maximum absolute atomic E-state index is 11.5. The lowest BCUT2D eigenvalue weighted by Crippen LogP contribution is -2.30. The summed E-state index contributed by atoms with van der Waals surface area (Å²) in [5.41, 5.74) is 1.18. The summed E-state index contributed by atoms with van der Waals surface area (Å²) in [6.45, 7) is 3.78. The van der Waals surface area contributed by atoms with E-state index in [0.717, 1.165) is 30.5 Å². The minimum atomic E-state index is -0.864. The number of aryl methyl sites for hydroxylation is 1. The fourth-order valence-corrected chi connectivity index (χ4v) is 2.52. The van der Waals surface area contributed by atoms with E-state index in [-0.39, 0.29) is 0 Å². The Morgan fingerprint density at radius 2 is 1.89 bits per heavy atom. The van der Waals surface area contributed by atoms with Crippen molar-refractivity contribution in [1.82, 2.24) is 4.98 Å². The monoisotopic (exact) mass is 260 g/mol. The number of nitrogens with zero attached hydrogens (tertiary/aromatic N) is 2. The predicted octanol–water partition coefficient (Wildman–Crippen LogP) is 2.71. The molecule has 2 saturated carbocycles. The first-order valence-corrected chi connectivity index (χ1v) is 7.09. The van der Waals surface area contributed by atoms with Crippen molar-refractivity contribution in [2.24, 2.45) is 11.8 Å². The van der Waals surface area contributed by atoms with Gasteiger partial charge in [0.1, 0.15) is 11.4 Å². The minimum Gasteiger partial charge on any atom is -0.478 e. The molecule has 0 aromatic carbocycles. The lowest BCUT2D eigenvalue weighted by atomic mass is 10.1. The van der Waals surface area contributed by atoms with Crippen LogP contribution < -0.4 is 4.90 Å². The van der Waals surface area contributed by atoms with Crippen LogP contribution in [0.1, 0.15) is 41.6 Å². The number of aromatic carboxylic acids is 1. The maximum Gasteiger partial charge on any atom is 0.339 e. The highest BCUT2D eigenvalue weighted by molar-refractivity contribution is 5.95. The molecular formula is C15H20N2O2. The number of hydrogen-bond acceptors (Lipinski definition) is 3. The minimum absolute atomic E-state index is 0.379. The SMILES string of the molecule is Cc1ccnc(N(CC2CC2)CC2CC2)c1C(=O)O. The number of anilines is 1. The van der Waals surface area contributed by atoms with E-state index < -0.39 is 5.97 Å². The molecule has 2 aliphatic carbocycles. The summed E-state index contributed by atoms with van der Waals surface area (Å²) in [6, 6.07) is 1.78. The second-order valence-corrected chi connectivity index (χ2v) is 5.92. The molecular weight excluding hydrogens is 240 g/mol. The van der Waals surface area contributed by atoms with Gasteiger partial charge in [-0.3, -0.25) is 0 Å². The summed E-state index contributed by atoms with van der Waals surface area (Å²) in [7, 11) is 0. The summed E-state index contributed by atoms with van der Waals surface area (Å²) >= 11 is 0.